The number of carbonyl (C=O) groups excluding carboxylic acids is 1. The number of hydrogen-bond donors (Lipinski definition) is 1. The highest BCUT2D eigenvalue weighted by atomic mass is 127. The lowest BCUT2D eigenvalue weighted by Crippen LogP contribution is -2.20. The molecule has 0 aliphatic rings. The number of amides is 1. The van der Waals surface area contributed by atoms with E-state index in [0.29, 0.717) is 5.88 Å². The van der Waals surface area contributed by atoms with Gasteiger partial charge >= 0.3 is 0 Å². The van der Waals surface area contributed by atoms with E-state index >= 15 is 0 Å². The average Bonchev–Trinajstić information content (AvgIpc) is 2.53. The first-order chi connectivity index (χ1) is 10.7. The molecule has 0 fully saturated rings. The van der Waals surface area contributed by atoms with Crippen LogP contribution in [0.15, 0.2) is 54.9 Å². The Morgan fingerprint density at radius 3 is 2.86 bits per heavy atom. The Hall–Kier alpha value is -2.22. The Balaban J connectivity index is 1.68. The van der Waals surface area contributed by atoms with Crippen LogP contribution in [-0.4, -0.2) is 22.5 Å². The molecular formula is C16H12IN3O2. The quantitative estimate of drug-likeness (QED) is 0.677. The van der Waals surface area contributed by atoms with E-state index in [1.165, 1.54) is 6.33 Å². The zero-order chi connectivity index (χ0) is 15.4. The first kappa shape index (κ1) is 14.7. The van der Waals surface area contributed by atoms with Gasteiger partial charge in [-0.25, -0.2) is 9.97 Å². The number of halogens is 1. The molecule has 3 aromatic rings. The number of nitrogens with zero attached hydrogens (tertiary/aromatic N) is 2. The molecule has 0 aliphatic heterocycles. The molecule has 1 amide bonds. The molecule has 0 bridgehead atoms. The normalized spacial score (nSPS) is 10.4. The highest BCUT2D eigenvalue weighted by Gasteiger charge is 2.08. The van der Waals surface area contributed by atoms with E-state index in [-0.39, 0.29) is 12.5 Å². The molecule has 0 unspecified atom stereocenters. The summed E-state index contributed by atoms with van der Waals surface area (Å²) in [5, 5.41) is 3.57. The molecule has 0 aliphatic carbocycles. The van der Waals surface area contributed by atoms with E-state index in [4.69, 9.17) is 4.74 Å². The largest absolute Gasteiger partial charge is 0.467 e. The summed E-state index contributed by atoms with van der Waals surface area (Å²) in [4.78, 5) is 20.2. The van der Waals surface area contributed by atoms with Gasteiger partial charge in [0.1, 0.15) is 6.33 Å². The number of benzene rings is 2. The molecule has 0 radical (unpaired) electrons. The summed E-state index contributed by atoms with van der Waals surface area (Å²) in [6, 6.07) is 15.1. The maximum absolute atomic E-state index is 12.0. The molecule has 1 heterocycles. The van der Waals surface area contributed by atoms with E-state index in [1.807, 2.05) is 48.5 Å². The van der Waals surface area contributed by atoms with Gasteiger partial charge in [0.15, 0.2) is 6.61 Å². The molecule has 0 atom stereocenters. The number of para-hydroxylation sites is 1. The lowest BCUT2D eigenvalue weighted by atomic mass is 10.2. The molecule has 0 saturated carbocycles. The number of carbonyl (C=O) groups is 1. The summed E-state index contributed by atoms with van der Waals surface area (Å²) in [5.74, 6) is 0.174. The second-order valence-electron chi connectivity index (χ2n) is 4.54. The van der Waals surface area contributed by atoms with Crippen LogP contribution in [0.4, 0.5) is 5.69 Å². The standard InChI is InChI=1S/C16H12IN3O2/c17-11-4-3-5-12(8-11)20-15(21)9-22-16-13-6-1-2-7-14(13)18-10-19-16/h1-8,10H,9H2,(H,20,21). The molecule has 1 N–H and O–H groups in total. The monoisotopic (exact) mass is 405 g/mol. The van der Waals surface area contributed by atoms with Crippen LogP contribution in [-0.2, 0) is 4.79 Å². The van der Waals surface area contributed by atoms with Crippen molar-refractivity contribution in [2.24, 2.45) is 0 Å². The van der Waals surface area contributed by atoms with Crippen molar-refractivity contribution >= 4 is 45.1 Å². The minimum atomic E-state index is -0.232. The molecule has 0 saturated heterocycles. The number of aromatic nitrogens is 2. The SMILES string of the molecule is O=C(COc1ncnc2ccccc12)Nc1cccc(I)c1. The van der Waals surface area contributed by atoms with Crippen molar-refractivity contribution in [1.82, 2.24) is 9.97 Å². The smallest absolute Gasteiger partial charge is 0.262 e. The first-order valence-electron chi connectivity index (χ1n) is 6.60. The van der Waals surface area contributed by atoms with Crippen molar-refractivity contribution in [3.8, 4) is 5.88 Å². The maximum atomic E-state index is 12.0. The molecule has 1 aromatic heterocycles. The summed E-state index contributed by atoms with van der Waals surface area (Å²) in [7, 11) is 0. The van der Waals surface area contributed by atoms with Crippen LogP contribution in [0.5, 0.6) is 5.88 Å². The number of hydrogen-bond acceptors (Lipinski definition) is 4. The van der Waals surface area contributed by atoms with Gasteiger partial charge in [-0.05, 0) is 52.9 Å². The molecule has 6 heteroatoms. The van der Waals surface area contributed by atoms with E-state index in [9.17, 15) is 4.79 Å². The van der Waals surface area contributed by atoms with Crippen molar-refractivity contribution in [2.45, 2.75) is 0 Å². The Morgan fingerprint density at radius 1 is 1.14 bits per heavy atom. The van der Waals surface area contributed by atoms with Crippen LogP contribution in [0, 0.1) is 3.57 Å². The summed E-state index contributed by atoms with van der Waals surface area (Å²) in [5.41, 5.74) is 1.53. The molecule has 5 nitrogen and oxygen atoms in total. The molecule has 110 valence electrons. The van der Waals surface area contributed by atoms with Gasteiger partial charge in [-0.3, -0.25) is 4.79 Å². The van der Waals surface area contributed by atoms with Gasteiger partial charge in [0, 0.05) is 9.26 Å². The van der Waals surface area contributed by atoms with Gasteiger partial charge in [-0.2, -0.15) is 0 Å². The third kappa shape index (κ3) is 3.51. The molecule has 0 spiro atoms. The summed E-state index contributed by atoms with van der Waals surface area (Å²) in [6.45, 7) is -0.105. The molecular weight excluding hydrogens is 393 g/mol. The fourth-order valence-corrected chi connectivity index (χ4v) is 2.54. The molecule has 2 aromatic carbocycles. The minimum Gasteiger partial charge on any atom is -0.467 e. The Kier molecular flexibility index (Phi) is 4.47. The highest BCUT2D eigenvalue weighted by molar-refractivity contribution is 14.1. The Labute approximate surface area is 140 Å². The second kappa shape index (κ2) is 6.69. The van der Waals surface area contributed by atoms with Crippen LogP contribution >= 0.6 is 22.6 Å². The number of anilines is 1. The predicted molar refractivity (Wildman–Crippen MR) is 92.8 cm³/mol. The van der Waals surface area contributed by atoms with E-state index in [0.717, 1.165) is 20.2 Å². The van der Waals surface area contributed by atoms with Gasteiger partial charge in [0.05, 0.1) is 10.9 Å². The van der Waals surface area contributed by atoms with Gasteiger partial charge in [-0.1, -0.05) is 18.2 Å². The van der Waals surface area contributed by atoms with Crippen LogP contribution in [0.2, 0.25) is 0 Å². The Bertz CT molecular complexity index is 818. The van der Waals surface area contributed by atoms with Gasteiger partial charge in [-0.15, -0.1) is 0 Å². The molecule has 22 heavy (non-hydrogen) atoms. The van der Waals surface area contributed by atoms with Crippen LogP contribution in [0.3, 0.4) is 0 Å². The van der Waals surface area contributed by atoms with Crippen molar-refractivity contribution in [3.63, 3.8) is 0 Å². The highest BCUT2D eigenvalue weighted by Crippen LogP contribution is 2.20. The summed E-state index contributed by atoms with van der Waals surface area (Å²) < 4.78 is 6.57. The third-order valence-electron chi connectivity index (χ3n) is 2.95. The van der Waals surface area contributed by atoms with E-state index in [1.54, 1.807) is 0 Å². The first-order valence-corrected chi connectivity index (χ1v) is 7.68. The van der Waals surface area contributed by atoms with Crippen molar-refractivity contribution < 1.29 is 9.53 Å². The van der Waals surface area contributed by atoms with Crippen molar-refractivity contribution in [2.75, 3.05) is 11.9 Å². The zero-order valence-electron chi connectivity index (χ0n) is 11.5. The fourth-order valence-electron chi connectivity index (χ4n) is 1.99. The lowest BCUT2D eigenvalue weighted by molar-refractivity contribution is -0.118. The third-order valence-corrected chi connectivity index (χ3v) is 3.63. The van der Waals surface area contributed by atoms with E-state index in [2.05, 4.69) is 37.9 Å². The second-order valence-corrected chi connectivity index (χ2v) is 5.79. The summed E-state index contributed by atoms with van der Waals surface area (Å²) in [6.07, 6.45) is 1.43. The molecule has 3 rings (SSSR count). The maximum Gasteiger partial charge on any atom is 0.262 e. The lowest BCUT2D eigenvalue weighted by Gasteiger charge is -2.08. The van der Waals surface area contributed by atoms with Gasteiger partial charge in [0.2, 0.25) is 5.88 Å². The van der Waals surface area contributed by atoms with Gasteiger partial charge < -0.3 is 10.1 Å². The average molecular weight is 405 g/mol. The predicted octanol–water partition coefficient (Wildman–Crippen LogP) is 3.25. The summed E-state index contributed by atoms with van der Waals surface area (Å²) >= 11 is 2.19. The van der Waals surface area contributed by atoms with Crippen LogP contribution in [0.25, 0.3) is 10.9 Å². The number of rotatable bonds is 4. The number of ether oxygens (including phenoxy) is 1. The van der Waals surface area contributed by atoms with Crippen molar-refractivity contribution in [1.29, 1.82) is 0 Å². The zero-order valence-corrected chi connectivity index (χ0v) is 13.6. The topological polar surface area (TPSA) is 64.1 Å². The number of nitrogens with one attached hydrogen (secondary N) is 1. The van der Waals surface area contributed by atoms with E-state index < -0.39 is 0 Å². The minimum absolute atomic E-state index is 0.105. The van der Waals surface area contributed by atoms with Crippen LogP contribution in [0.1, 0.15) is 0 Å². The van der Waals surface area contributed by atoms with Crippen LogP contribution < -0.4 is 10.1 Å². The Morgan fingerprint density at radius 2 is 2.00 bits per heavy atom. The fraction of sp³-hybridized carbons (Fsp3) is 0.0625. The number of fused-ring (bicyclic) bond motifs is 1. The van der Waals surface area contributed by atoms with Crippen molar-refractivity contribution in [3.05, 3.63) is 58.4 Å². The van der Waals surface area contributed by atoms with Gasteiger partial charge in [0.25, 0.3) is 5.91 Å².